The third-order valence-corrected chi connectivity index (χ3v) is 5.74. The molecule has 2 heteroatoms. The Morgan fingerprint density at radius 3 is 2.44 bits per heavy atom. The summed E-state index contributed by atoms with van der Waals surface area (Å²) in [4.78, 5) is 2.77. The Balaban J connectivity index is 2.19. The molecule has 0 aromatic rings. The van der Waals surface area contributed by atoms with Gasteiger partial charge in [-0.3, -0.25) is 4.90 Å². The van der Waals surface area contributed by atoms with Gasteiger partial charge in [-0.1, -0.05) is 27.2 Å². The largest absolute Gasteiger partial charge is 0.329 e. The van der Waals surface area contributed by atoms with Gasteiger partial charge >= 0.3 is 0 Å². The fourth-order valence-electron chi connectivity index (χ4n) is 4.53. The molecule has 1 saturated carbocycles. The maximum atomic E-state index is 6.27. The van der Waals surface area contributed by atoms with Crippen molar-refractivity contribution < 1.29 is 0 Å². The molecule has 106 valence electrons. The van der Waals surface area contributed by atoms with Crippen LogP contribution in [-0.2, 0) is 0 Å². The number of hydrogen-bond donors (Lipinski definition) is 1. The Kier molecular flexibility index (Phi) is 4.08. The second-order valence-corrected chi connectivity index (χ2v) is 7.62. The van der Waals surface area contributed by atoms with E-state index in [1.54, 1.807) is 0 Å². The van der Waals surface area contributed by atoms with Crippen LogP contribution < -0.4 is 5.73 Å². The van der Waals surface area contributed by atoms with Crippen molar-refractivity contribution in [1.82, 2.24) is 4.90 Å². The fraction of sp³-hybridized carbons (Fsp3) is 1.00. The first-order valence-electron chi connectivity index (χ1n) is 7.88. The molecule has 18 heavy (non-hydrogen) atoms. The zero-order chi connectivity index (χ0) is 13.4. The van der Waals surface area contributed by atoms with E-state index in [1.807, 2.05) is 0 Å². The molecule has 1 heterocycles. The van der Waals surface area contributed by atoms with Crippen LogP contribution in [0.1, 0.15) is 66.2 Å². The first-order valence-corrected chi connectivity index (χ1v) is 7.88. The third-order valence-electron chi connectivity index (χ3n) is 5.74. The van der Waals surface area contributed by atoms with Gasteiger partial charge in [0.2, 0.25) is 0 Å². The van der Waals surface area contributed by atoms with Crippen LogP contribution in [0.2, 0.25) is 0 Å². The van der Waals surface area contributed by atoms with Crippen molar-refractivity contribution in [2.45, 2.75) is 77.8 Å². The Bertz CT molecular complexity index is 287. The van der Waals surface area contributed by atoms with Crippen LogP contribution >= 0.6 is 0 Å². The molecule has 2 rings (SSSR count). The highest BCUT2D eigenvalue weighted by Gasteiger charge is 2.48. The molecular weight excluding hydrogens is 220 g/mol. The van der Waals surface area contributed by atoms with Crippen molar-refractivity contribution in [1.29, 1.82) is 0 Å². The van der Waals surface area contributed by atoms with Crippen molar-refractivity contribution in [3.63, 3.8) is 0 Å². The SMILES string of the molecule is CC1CCCCN1C1(CN)CCC(C)(C)CC1C. The quantitative estimate of drug-likeness (QED) is 0.816. The van der Waals surface area contributed by atoms with E-state index in [2.05, 4.69) is 32.6 Å². The molecule has 2 nitrogen and oxygen atoms in total. The molecule has 1 aliphatic heterocycles. The van der Waals surface area contributed by atoms with Crippen LogP contribution in [0.3, 0.4) is 0 Å². The number of nitrogens with two attached hydrogens (primary N) is 1. The van der Waals surface area contributed by atoms with Crippen molar-refractivity contribution in [3.05, 3.63) is 0 Å². The van der Waals surface area contributed by atoms with Gasteiger partial charge in [0.1, 0.15) is 0 Å². The molecule has 2 aliphatic rings. The molecule has 0 aromatic heterocycles. The van der Waals surface area contributed by atoms with Gasteiger partial charge < -0.3 is 5.73 Å². The molecule has 0 radical (unpaired) electrons. The second-order valence-electron chi connectivity index (χ2n) is 7.62. The van der Waals surface area contributed by atoms with Gasteiger partial charge in [-0.05, 0) is 56.9 Å². The normalized spacial score (nSPS) is 41.8. The lowest BCUT2D eigenvalue weighted by atomic mass is 9.62. The number of hydrogen-bond acceptors (Lipinski definition) is 2. The highest BCUT2D eigenvalue weighted by molar-refractivity contribution is 5.03. The predicted octanol–water partition coefficient (Wildman–Crippen LogP) is 3.40. The van der Waals surface area contributed by atoms with Crippen molar-refractivity contribution in [2.24, 2.45) is 17.1 Å². The van der Waals surface area contributed by atoms with Gasteiger partial charge in [-0.15, -0.1) is 0 Å². The summed E-state index contributed by atoms with van der Waals surface area (Å²) in [5.74, 6) is 0.729. The maximum Gasteiger partial charge on any atom is 0.0360 e. The van der Waals surface area contributed by atoms with Crippen molar-refractivity contribution in [3.8, 4) is 0 Å². The lowest BCUT2D eigenvalue weighted by Gasteiger charge is -2.56. The van der Waals surface area contributed by atoms with Gasteiger partial charge in [-0.2, -0.15) is 0 Å². The van der Waals surface area contributed by atoms with Crippen LogP contribution in [0.4, 0.5) is 0 Å². The monoisotopic (exact) mass is 252 g/mol. The lowest BCUT2D eigenvalue weighted by Crippen LogP contribution is -2.64. The van der Waals surface area contributed by atoms with E-state index in [-0.39, 0.29) is 5.54 Å². The van der Waals surface area contributed by atoms with Gasteiger partial charge in [-0.25, -0.2) is 0 Å². The molecule has 0 amide bonds. The fourth-order valence-corrected chi connectivity index (χ4v) is 4.53. The molecule has 2 N–H and O–H groups in total. The molecule has 1 aliphatic carbocycles. The standard InChI is InChI=1S/C16H32N2/c1-13-11-15(3,4)8-9-16(13,12-17)18-10-6-5-7-14(18)2/h13-14H,5-12,17H2,1-4H3. The average Bonchev–Trinajstić information content (AvgIpc) is 2.30. The summed E-state index contributed by atoms with van der Waals surface area (Å²) in [7, 11) is 0. The van der Waals surface area contributed by atoms with Gasteiger partial charge in [0.15, 0.2) is 0 Å². The van der Waals surface area contributed by atoms with Crippen LogP contribution in [0.5, 0.6) is 0 Å². The summed E-state index contributed by atoms with van der Waals surface area (Å²) in [6.45, 7) is 11.8. The lowest BCUT2D eigenvalue weighted by molar-refractivity contribution is -0.0552. The molecule has 0 aromatic carbocycles. The predicted molar refractivity (Wildman–Crippen MR) is 78.6 cm³/mol. The third kappa shape index (κ3) is 2.46. The zero-order valence-electron chi connectivity index (χ0n) is 12.8. The molecule has 3 unspecified atom stereocenters. The molecule has 1 saturated heterocycles. The van der Waals surface area contributed by atoms with E-state index < -0.39 is 0 Å². The van der Waals surface area contributed by atoms with Crippen LogP contribution in [0.15, 0.2) is 0 Å². The van der Waals surface area contributed by atoms with E-state index in [0.717, 1.165) is 18.5 Å². The van der Waals surface area contributed by atoms with Crippen molar-refractivity contribution >= 4 is 0 Å². The molecule has 3 atom stereocenters. The molecule has 2 fully saturated rings. The van der Waals surface area contributed by atoms with Crippen LogP contribution in [0.25, 0.3) is 0 Å². The first kappa shape index (κ1) is 14.3. The Labute approximate surface area is 113 Å². The minimum absolute atomic E-state index is 0.287. The smallest absolute Gasteiger partial charge is 0.0360 e. The minimum atomic E-state index is 0.287. The molecule has 0 spiro atoms. The highest BCUT2D eigenvalue weighted by Crippen LogP contribution is 2.47. The topological polar surface area (TPSA) is 29.3 Å². The summed E-state index contributed by atoms with van der Waals surface area (Å²) in [5, 5.41) is 0. The number of nitrogens with zero attached hydrogens (tertiary/aromatic N) is 1. The Morgan fingerprint density at radius 2 is 1.89 bits per heavy atom. The van der Waals surface area contributed by atoms with E-state index in [9.17, 15) is 0 Å². The van der Waals surface area contributed by atoms with Gasteiger partial charge in [0, 0.05) is 18.1 Å². The Morgan fingerprint density at radius 1 is 1.17 bits per heavy atom. The summed E-state index contributed by atoms with van der Waals surface area (Å²) >= 11 is 0. The number of piperidine rings is 1. The van der Waals surface area contributed by atoms with Crippen LogP contribution in [0, 0.1) is 11.3 Å². The number of rotatable bonds is 2. The van der Waals surface area contributed by atoms with Crippen LogP contribution in [-0.4, -0.2) is 29.6 Å². The zero-order valence-corrected chi connectivity index (χ0v) is 12.8. The summed E-state index contributed by atoms with van der Waals surface area (Å²) < 4.78 is 0. The van der Waals surface area contributed by atoms with Gasteiger partial charge in [0.25, 0.3) is 0 Å². The molecular formula is C16H32N2. The summed E-state index contributed by atoms with van der Waals surface area (Å²) in [6, 6.07) is 0.728. The molecule has 0 bridgehead atoms. The average molecular weight is 252 g/mol. The van der Waals surface area contributed by atoms with Gasteiger partial charge in [0.05, 0.1) is 0 Å². The van der Waals surface area contributed by atoms with E-state index in [1.165, 1.54) is 45.1 Å². The second kappa shape index (κ2) is 5.13. The first-order chi connectivity index (χ1) is 8.41. The van der Waals surface area contributed by atoms with E-state index >= 15 is 0 Å². The number of likely N-dealkylation sites (tertiary alicyclic amines) is 1. The van der Waals surface area contributed by atoms with Crippen molar-refractivity contribution in [2.75, 3.05) is 13.1 Å². The summed E-state index contributed by atoms with van der Waals surface area (Å²) in [5.41, 5.74) is 7.07. The van der Waals surface area contributed by atoms with E-state index in [4.69, 9.17) is 5.73 Å². The highest BCUT2D eigenvalue weighted by atomic mass is 15.2. The minimum Gasteiger partial charge on any atom is -0.329 e. The Hall–Kier alpha value is -0.0800. The maximum absolute atomic E-state index is 6.27. The summed E-state index contributed by atoms with van der Waals surface area (Å²) in [6.07, 6.45) is 8.07. The van der Waals surface area contributed by atoms with E-state index in [0.29, 0.717) is 5.41 Å².